The Morgan fingerprint density at radius 1 is 1.00 bits per heavy atom. The number of likely N-dealkylation sites (tertiary alicyclic amines) is 1. The van der Waals surface area contributed by atoms with Crippen LogP contribution in [0.15, 0.2) is 30.3 Å². The zero-order valence-corrected chi connectivity index (χ0v) is 13.3. The van der Waals surface area contributed by atoms with Crippen LogP contribution in [0.5, 0.6) is 0 Å². The van der Waals surface area contributed by atoms with Crippen molar-refractivity contribution in [3.63, 3.8) is 0 Å². The van der Waals surface area contributed by atoms with E-state index in [-0.39, 0.29) is 0 Å². The summed E-state index contributed by atoms with van der Waals surface area (Å²) in [6.45, 7) is 2.52. The second-order valence-corrected chi connectivity index (χ2v) is 7.44. The van der Waals surface area contributed by atoms with Gasteiger partial charge in [-0.25, -0.2) is 0 Å². The number of hydrogen-bond acceptors (Lipinski definition) is 1. The minimum atomic E-state index is 0.396. The van der Waals surface area contributed by atoms with Gasteiger partial charge in [0.15, 0.2) is 0 Å². The summed E-state index contributed by atoms with van der Waals surface area (Å²) in [5.41, 5.74) is 5.33. The van der Waals surface area contributed by atoms with E-state index in [0.717, 1.165) is 5.92 Å². The fourth-order valence-corrected chi connectivity index (χ4v) is 4.88. The second kappa shape index (κ2) is 5.28. The number of fused-ring (bicyclic) bond motifs is 2. The summed E-state index contributed by atoms with van der Waals surface area (Å²) in [5, 5.41) is 0. The van der Waals surface area contributed by atoms with E-state index in [2.05, 4.69) is 42.3 Å². The first-order valence-electron chi connectivity index (χ1n) is 8.80. The van der Waals surface area contributed by atoms with Crippen LogP contribution < -0.4 is 0 Å². The van der Waals surface area contributed by atoms with E-state index in [1.54, 1.807) is 16.7 Å². The maximum Gasteiger partial charge on any atom is 0.0144 e. The molecule has 2 fully saturated rings. The maximum atomic E-state index is 2.72. The highest BCUT2D eigenvalue weighted by Gasteiger charge is 2.40. The molecule has 4 rings (SSSR count). The van der Waals surface area contributed by atoms with Crippen molar-refractivity contribution < 1.29 is 0 Å². The van der Waals surface area contributed by atoms with E-state index in [0.29, 0.717) is 5.41 Å². The Bertz CT molecular complexity index is 543. The maximum absolute atomic E-state index is 2.72. The van der Waals surface area contributed by atoms with Crippen LogP contribution in [0, 0.1) is 5.92 Å². The topological polar surface area (TPSA) is 3.24 Å². The molecule has 1 saturated heterocycles. The highest BCUT2D eigenvalue weighted by atomic mass is 15.1. The van der Waals surface area contributed by atoms with Crippen LogP contribution in [0.4, 0.5) is 0 Å². The molecule has 21 heavy (non-hydrogen) atoms. The van der Waals surface area contributed by atoms with Crippen LogP contribution in [0.3, 0.4) is 0 Å². The minimum absolute atomic E-state index is 0.396. The number of nitrogens with zero attached hydrogens (tertiary/aromatic N) is 1. The lowest BCUT2D eigenvalue weighted by Crippen LogP contribution is -2.30. The normalized spacial score (nSPS) is 25.9. The third-order valence-corrected chi connectivity index (χ3v) is 6.11. The van der Waals surface area contributed by atoms with Gasteiger partial charge in [0.1, 0.15) is 0 Å². The largest absolute Gasteiger partial charge is 0.306 e. The smallest absolute Gasteiger partial charge is 0.0144 e. The molecule has 1 spiro atoms. The molecular formula is C20H27N. The Hall–Kier alpha value is -1.08. The molecule has 3 aliphatic rings. The van der Waals surface area contributed by atoms with Crippen molar-refractivity contribution in [1.29, 1.82) is 0 Å². The standard InChI is InChI=1S/C20H27N/c1-21-13-9-16(10-14-21)18-15-20(11-5-2-6-12-20)19-8-4-3-7-17(18)19/h3-4,7-8,15-16H,2,5-6,9-14H2,1H3. The van der Waals surface area contributed by atoms with Gasteiger partial charge in [0.2, 0.25) is 0 Å². The van der Waals surface area contributed by atoms with Gasteiger partial charge in [0.05, 0.1) is 0 Å². The summed E-state index contributed by atoms with van der Waals surface area (Å²) < 4.78 is 0. The summed E-state index contributed by atoms with van der Waals surface area (Å²) >= 11 is 0. The summed E-state index contributed by atoms with van der Waals surface area (Å²) in [6, 6.07) is 9.30. The molecule has 2 aliphatic carbocycles. The van der Waals surface area contributed by atoms with E-state index in [4.69, 9.17) is 0 Å². The monoisotopic (exact) mass is 281 g/mol. The van der Waals surface area contributed by atoms with Crippen LogP contribution in [0.25, 0.3) is 5.57 Å². The van der Waals surface area contributed by atoms with Crippen LogP contribution in [0.1, 0.15) is 56.1 Å². The zero-order valence-electron chi connectivity index (χ0n) is 13.3. The fourth-order valence-electron chi connectivity index (χ4n) is 4.88. The predicted molar refractivity (Wildman–Crippen MR) is 89.4 cm³/mol. The molecule has 0 bridgehead atoms. The molecule has 0 amide bonds. The van der Waals surface area contributed by atoms with E-state index < -0.39 is 0 Å². The molecule has 1 aromatic rings. The quantitative estimate of drug-likeness (QED) is 0.725. The lowest BCUT2D eigenvalue weighted by molar-refractivity contribution is 0.248. The average molecular weight is 281 g/mol. The van der Waals surface area contributed by atoms with Gasteiger partial charge in [-0.15, -0.1) is 0 Å². The van der Waals surface area contributed by atoms with E-state index in [9.17, 15) is 0 Å². The van der Waals surface area contributed by atoms with E-state index in [1.165, 1.54) is 58.0 Å². The second-order valence-electron chi connectivity index (χ2n) is 7.44. The minimum Gasteiger partial charge on any atom is -0.306 e. The number of rotatable bonds is 1. The Morgan fingerprint density at radius 2 is 1.71 bits per heavy atom. The van der Waals surface area contributed by atoms with E-state index >= 15 is 0 Å². The van der Waals surface area contributed by atoms with Crippen LogP contribution in [-0.2, 0) is 5.41 Å². The summed E-state index contributed by atoms with van der Waals surface area (Å²) in [6.07, 6.45) is 12.4. The van der Waals surface area contributed by atoms with E-state index in [1.807, 2.05) is 0 Å². The van der Waals surface area contributed by atoms with Crippen molar-refractivity contribution >= 4 is 5.57 Å². The first kappa shape index (κ1) is 13.6. The van der Waals surface area contributed by atoms with Crippen LogP contribution >= 0.6 is 0 Å². The number of hydrogen-bond donors (Lipinski definition) is 0. The highest BCUT2D eigenvalue weighted by Crippen LogP contribution is 2.52. The van der Waals surface area contributed by atoms with Crippen molar-refractivity contribution in [2.75, 3.05) is 20.1 Å². The molecule has 112 valence electrons. The van der Waals surface area contributed by atoms with Gasteiger partial charge in [0.25, 0.3) is 0 Å². The molecule has 0 unspecified atom stereocenters. The predicted octanol–water partition coefficient (Wildman–Crippen LogP) is 4.63. The molecule has 1 aliphatic heterocycles. The van der Waals surface area contributed by atoms with Gasteiger partial charge in [-0.2, -0.15) is 0 Å². The molecule has 1 nitrogen and oxygen atoms in total. The highest BCUT2D eigenvalue weighted by molar-refractivity contribution is 5.78. The van der Waals surface area contributed by atoms with Crippen molar-refractivity contribution in [3.8, 4) is 0 Å². The molecule has 1 heteroatoms. The summed E-state index contributed by atoms with van der Waals surface area (Å²) in [5.74, 6) is 0.795. The van der Waals surface area contributed by atoms with Gasteiger partial charge < -0.3 is 4.90 Å². The first-order chi connectivity index (χ1) is 10.3. The van der Waals surface area contributed by atoms with Gasteiger partial charge in [0, 0.05) is 5.41 Å². The molecule has 0 radical (unpaired) electrons. The fraction of sp³-hybridized carbons (Fsp3) is 0.600. The average Bonchev–Trinajstić information content (AvgIpc) is 2.84. The van der Waals surface area contributed by atoms with Crippen molar-refractivity contribution in [2.24, 2.45) is 5.92 Å². The van der Waals surface area contributed by atoms with Gasteiger partial charge >= 0.3 is 0 Å². The lowest BCUT2D eigenvalue weighted by Gasteiger charge is -2.33. The first-order valence-corrected chi connectivity index (χ1v) is 8.80. The Kier molecular flexibility index (Phi) is 3.41. The van der Waals surface area contributed by atoms with Crippen molar-refractivity contribution in [3.05, 3.63) is 41.5 Å². The number of allylic oxidation sites excluding steroid dienone is 2. The van der Waals surface area contributed by atoms with Gasteiger partial charge in [-0.3, -0.25) is 0 Å². The molecule has 1 aromatic carbocycles. The Morgan fingerprint density at radius 3 is 2.48 bits per heavy atom. The zero-order chi connectivity index (χ0) is 14.3. The Labute approximate surface area is 129 Å². The number of piperidine rings is 1. The molecule has 0 atom stereocenters. The third kappa shape index (κ3) is 2.26. The molecular weight excluding hydrogens is 254 g/mol. The Balaban J connectivity index is 1.71. The van der Waals surface area contributed by atoms with Crippen molar-refractivity contribution in [2.45, 2.75) is 50.4 Å². The summed E-state index contributed by atoms with van der Waals surface area (Å²) in [4.78, 5) is 2.48. The van der Waals surface area contributed by atoms with Crippen LogP contribution in [-0.4, -0.2) is 25.0 Å². The van der Waals surface area contributed by atoms with Crippen LogP contribution in [0.2, 0.25) is 0 Å². The molecule has 0 aromatic heterocycles. The van der Waals surface area contributed by atoms with Gasteiger partial charge in [-0.05, 0) is 68.4 Å². The summed E-state index contributed by atoms with van der Waals surface area (Å²) in [7, 11) is 2.26. The van der Waals surface area contributed by atoms with Crippen molar-refractivity contribution in [1.82, 2.24) is 4.90 Å². The molecule has 1 heterocycles. The molecule has 0 N–H and O–H groups in total. The third-order valence-electron chi connectivity index (χ3n) is 6.11. The lowest BCUT2D eigenvalue weighted by atomic mass is 9.71. The van der Waals surface area contributed by atoms with Gasteiger partial charge in [-0.1, -0.05) is 49.6 Å². The number of benzene rings is 1. The molecule has 1 saturated carbocycles. The SMILES string of the molecule is CN1CCC(C2=CC3(CCCCC3)c3ccccc32)CC1.